The summed E-state index contributed by atoms with van der Waals surface area (Å²) in [5, 5.41) is 0.892. The minimum absolute atomic E-state index is 0.544. The number of rotatable bonds is 2. The zero-order valence-electron chi connectivity index (χ0n) is 8.66. The van der Waals surface area contributed by atoms with Gasteiger partial charge in [-0.1, -0.05) is 29.8 Å². The molecule has 1 fully saturated rings. The predicted molar refractivity (Wildman–Crippen MR) is 68.7 cm³/mol. The molecule has 2 atom stereocenters. The molecule has 1 saturated heterocycles. The molecule has 1 aromatic carbocycles. The predicted octanol–water partition coefficient (Wildman–Crippen LogP) is 3.14. The number of hydrogen-bond donors (Lipinski definition) is 1. The zero-order chi connectivity index (χ0) is 10.7. The van der Waals surface area contributed by atoms with Crippen molar-refractivity contribution in [1.29, 1.82) is 0 Å². The topological polar surface area (TPSA) is 26.0 Å². The molecule has 15 heavy (non-hydrogen) atoms. The molecule has 1 heterocycles. The molecular weight excluding hydrogens is 226 g/mol. The van der Waals surface area contributed by atoms with Gasteiger partial charge < -0.3 is 5.73 Å². The van der Waals surface area contributed by atoms with Gasteiger partial charge in [-0.3, -0.25) is 0 Å². The summed E-state index contributed by atoms with van der Waals surface area (Å²) < 4.78 is 0. The van der Waals surface area contributed by atoms with Gasteiger partial charge in [-0.2, -0.15) is 11.8 Å². The van der Waals surface area contributed by atoms with Crippen LogP contribution in [-0.4, -0.2) is 18.1 Å². The standard InChI is InChI=1S/C12H16ClNS/c13-12-4-2-1-3-10(12)11-8-15-6-5-9(11)7-14/h1-4,9,11H,5-8,14H2. The van der Waals surface area contributed by atoms with Gasteiger partial charge in [-0.15, -0.1) is 0 Å². The largest absolute Gasteiger partial charge is 0.330 e. The maximum Gasteiger partial charge on any atom is 0.0441 e. The van der Waals surface area contributed by atoms with E-state index in [9.17, 15) is 0 Å². The van der Waals surface area contributed by atoms with Gasteiger partial charge in [-0.05, 0) is 42.2 Å². The van der Waals surface area contributed by atoms with Crippen LogP contribution in [0.25, 0.3) is 0 Å². The molecule has 2 rings (SSSR count). The van der Waals surface area contributed by atoms with E-state index in [1.807, 2.05) is 23.9 Å². The molecule has 0 aromatic heterocycles. The Hall–Kier alpha value is -0.180. The molecule has 0 spiro atoms. The SMILES string of the molecule is NCC1CCSCC1c1ccccc1Cl. The Balaban J connectivity index is 2.24. The molecule has 82 valence electrons. The van der Waals surface area contributed by atoms with Crippen molar-refractivity contribution in [3.63, 3.8) is 0 Å². The highest BCUT2D eigenvalue weighted by molar-refractivity contribution is 7.99. The maximum atomic E-state index is 6.23. The third-order valence-corrected chi connectivity index (χ3v) is 4.57. The molecule has 3 heteroatoms. The van der Waals surface area contributed by atoms with Crippen LogP contribution >= 0.6 is 23.4 Å². The molecule has 1 aliphatic rings. The van der Waals surface area contributed by atoms with E-state index in [1.54, 1.807) is 0 Å². The summed E-state index contributed by atoms with van der Waals surface area (Å²) in [6.45, 7) is 0.774. The molecule has 0 amide bonds. The lowest BCUT2D eigenvalue weighted by molar-refractivity contribution is 0.440. The van der Waals surface area contributed by atoms with Crippen LogP contribution in [-0.2, 0) is 0 Å². The van der Waals surface area contributed by atoms with Gasteiger partial charge in [-0.25, -0.2) is 0 Å². The summed E-state index contributed by atoms with van der Waals surface area (Å²) in [6, 6.07) is 8.17. The normalized spacial score (nSPS) is 26.5. The van der Waals surface area contributed by atoms with Gasteiger partial charge >= 0.3 is 0 Å². The van der Waals surface area contributed by atoms with Crippen molar-refractivity contribution in [3.05, 3.63) is 34.9 Å². The summed E-state index contributed by atoms with van der Waals surface area (Å²) in [7, 11) is 0. The van der Waals surface area contributed by atoms with Crippen molar-refractivity contribution in [1.82, 2.24) is 0 Å². The minimum Gasteiger partial charge on any atom is -0.330 e. The second kappa shape index (κ2) is 5.24. The van der Waals surface area contributed by atoms with Crippen LogP contribution in [0.2, 0.25) is 5.02 Å². The van der Waals surface area contributed by atoms with E-state index in [2.05, 4.69) is 12.1 Å². The van der Waals surface area contributed by atoms with Gasteiger partial charge in [0.25, 0.3) is 0 Å². The Morgan fingerprint density at radius 1 is 1.40 bits per heavy atom. The molecule has 1 nitrogen and oxygen atoms in total. The number of benzene rings is 1. The van der Waals surface area contributed by atoms with E-state index in [1.165, 1.54) is 17.7 Å². The van der Waals surface area contributed by atoms with Gasteiger partial charge in [0.15, 0.2) is 0 Å². The smallest absolute Gasteiger partial charge is 0.0441 e. The summed E-state index contributed by atoms with van der Waals surface area (Å²) in [4.78, 5) is 0. The highest BCUT2D eigenvalue weighted by Crippen LogP contribution is 2.38. The van der Waals surface area contributed by atoms with Crippen LogP contribution < -0.4 is 5.73 Å². The van der Waals surface area contributed by atoms with Crippen molar-refractivity contribution >= 4 is 23.4 Å². The van der Waals surface area contributed by atoms with Crippen molar-refractivity contribution in [2.45, 2.75) is 12.3 Å². The fourth-order valence-electron chi connectivity index (χ4n) is 2.18. The third kappa shape index (κ3) is 2.49. The first-order valence-corrected chi connectivity index (χ1v) is 6.88. The van der Waals surface area contributed by atoms with Crippen LogP contribution in [0, 0.1) is 5.92 Å². The average molecular weight is 242 g/mol. The fourth-order valence-corrected chi connectivity index (χ4v) is 3.80. The molecule has 2 unspecified atom stereocenters. The molecule has 1 aliphatic heterocycles. The number of halogens is 1. The molecule has 1 aromatic rings. The van der Waals surface area contributed by atoms with Gasteiger partial charge in [0.1, 0.15) is 0 Å². The average Bonchev–Trinajstić information content (AvgIpc) is 2.30. The Bertz CT molecular complexity index is 329. The van der Waals surface area contributed by atoms with Crippen molar-refractivity contribution in [3.8, 4) is 0 Å². The molecule has 2 N–H and O–H groups in total. The summed E-state index contributed by atoms with van der Waals surface area (Å²) in [6.07, 6.45) is 1.22. The monoisotopic (exact) mass is 241 g/mol. The van der Waals surface area contributed by atoms with Gasteiger partial charge in [0.2, 0.25) is 0 Å². The maximum absolute atomic E-state index is 6.23. The summed E-state index contributed by atoms with van der Waals surface area (Å²) >= 11 is 8.24. The van der Waals surface area contributed by atoms with E-state index in [4.69, 9.17) is 17.3 Å². The Labute approximate surface area is 100 Å². The van der Waals surface area contributed by atoms with Crippen molar-refractivity contribution in [2.75, 3.05) is 18.1 Å². The van der Waals surface area contributed by atoms with Crippen LogP contribution in [0.4, 0.5) is 0 Å². The third-order valence-electron chi connectivity index (χ3n) is 3.11. The first-order chi connectivity index (χ1) is 7.33. The molecular formula is C12H16ClNS. The van der Waals surface area contributed by atoms with Gasteiger partial charge in [0, 0.05) is 10.8 Å². The lowest BCUT2D eigenvalue weighted by Crippen LogP contribution is -2.27. The van der Waals surface area contributed by atoms with Crippen LogP contribution in [0.1, 0.15) is 17.9 Å². The highest BCUT2D eigenvalue weighted by atomic mass is 35.5. The van der Waals surface area contributed by atoms with Crippen molar-refractivity contribution in [2.24, 2.45) is 11.7 Å². The summed E-state index contributed by atoms with van der Waals surface area (Å²) in [5.41, 5.74) is 7.11. The Morgan fingerprint density at radius 3 is 2.93 bits per heavy atom. The molecule has 0 aliphatic carbocycles. The highest BCUT2D eigenvalue weighted by Gasteiger charge is 2.26. The van der Waals surface area contributed by atoms with E-state index < -0.39 is 0 Å². The van der Waals surface area contributed by atoms with Crippen LogP contribution in [0.5, 0.6) is 0 Å². The second-order valence-electron chi connectivity index (χ2n) is 3.99. The quantitative estimate of drug-likeness (QED) is 0.861. The van der Waals surface area contributed by atoms with E-state index in [0.717, 1.165) is 17.3 Å². The molecule has 0 radical (unpaired) electrons. The van der Waals surface area contributed by atoms with Gasteiger partial charge in [0.05, 0.1) is 0 Å². The lowest BCUT2D eigenvalue weighted by atomic mass is 9.85. The summed E-state index contributed by atoms with van der Waals surface area (Å²) in [5.74, 6) is 3.54. The Kier molecular flexibility index (Phi) is 3.95. The lowest BCUT2D eigenvalue weighted by Gasteiger charge is -2.31. The van der Waals surface area contributed by atoms with E-state index in [-0.39, 0.29) is 0 Å². The van der Waals surface area contributed by atoms with Crippen LogP contribution in [0.15, 0.2) is 24.3 Å². The zero-order valence-corrected chi connectivity index (χ0v) is 10.2. The minimum atomic E-state index is 0.544. The molecule has 0 bridgehead atoms. The Morgan fingerprint density at radius 2 is 2.20 bits per heavy atom. The second-order valence-corrected chi connectivity index (χ2v) is 5.54. The number of nitrogens with two attached hydrogens (primary N) is 1. The number of thioether (sulfide) groups is 1. The van der Waals surface area contributed by atoms with E-state index in [0.29, 0.717) is 11.8 Å². The first kappa shape index (κ1) is 11.3. The van der Waals surface area contributed by atoms with Crippen molar-refractivity contribution < 1.29 is 0 Å². The molecule has 0 saturated carbocycles. The fraction of sp³-hybridized carbons (Fsp3) is 0.500. The number of hydrogen-bond acceptors (Lipinski definition) is 2. The van der Waals surface area contributed by atoms with Crippen LogP contribution in [0.3, 0.4) is 0 Å². The van der Waals surface area contributed by atoms with E-state index >= 15 is 0 Å². The first-order valence-electron chi connectivity index (χ1n) is 5.35.